The summed E-state index contributed by atoms with van der Waals surface area (Å²) < 4.78 is 0. The minimum absolute atomic E-state index is 0.0924. The molecular weight excluding hydrogens is 292 g/mol. The highest BCUT2D eigenvalue weighted by molar-refractivity contribution is 5.80. The predicted molar refractivity (Wildman–Crippen MR) is 89.3 cm³/mol. The molecule has 124 valence electrons. The highest BCUT2D eigenvalue weighted by atomic mass is 16.2. The molecule has 3 amide bonds. The van der Waals surface area contributed by atoms with Crippen LogP contribution < -0.4 is 16.0 Å². The van der Waals surface area contributed by atoms with Gasteiger partial charge in [-0.25, -0.2) is 4.79 Å². The standard InChI is InChI=1S/C17H24N4O2/c1-20-8-6-12(14-4-2-3-5-15(14)20)10-19-17(23)21-9-7-13(11-21)16(18)22/h2-5,12-13H,6-11H2,1H3,(H2,18,22)(H,19,23). The van der Waals surface area contributed by atoms with E-state index in [9.17, 15) is 9.59 Å². The van der Waals surface area contributed by atoms with Gasteiger partial charge in [0.25, 0.3) is 0 Å². The Balaban J connectivity index is 1.58. The van der Waals surface area contributed by atoms with Crippen molar-refractivity contribution >= 4 is 17.6 Å². The molecule has 0 radical (unpaired) electrons. The maximum Gasteiger partial charge on any atom is 0.317 e. The van der Waals surface area contributed by atoms with Crippen molar-refractivity contribution in [3.8, 4) is 0 Å². The van der Waals surface area contributed by atoms with Crippen LogP contribution in [-0.2, 0) is 4.79 Å². The van der Waals surface area contributed by atoms with E-state index in [-0.39, 0.29) is 17.9 Å². The van der Waals surface area contributed by atoms with Gasteiger partial charge in [0.1, 0.15) is 0 Å². The topological polar surface area (TPSA) is 78.7 Å². The van der Waals surface area contributed by atoms with Crippen molar-refractivity contribution in [1.82, 2.24) is 10.2 Å². The van der Waals surface area contributed by atoms with Crippen molar-refractivity contribution in [3.05, 3.63) is 29.8 Å². The van der Waals surface area contributed by atoms with Crippen LogP contribution in [0.5, 0.6) is 0 Å². The van der Waals surface area contributed by atoms with E-state index >= 15 is 0 Å². The molecule has 2 atom stereocenters. The molecular formula is C17H24N4O2. The van der Waals surface area contributed by atoms with Crippen molar-refractivity contribution in [3.63, 3.8) is 0 Å². The minimum atomic E-state index is -0.315. The zero-order chi connectivity index (χ0) is 16.4. The first-order valence-corrected chi connectivity index (χ1v) is 8.18. The highest BCUT2D eigenvalue weighted by Gasteiger charge is 2.30. The summed E-state index contributed by atoms with van der Waals surface area (Å²) in [5.41, 5.74) is 7.85. The molecule has 0 aromatic heterocycles. The van der Waals surface area contributed by atoms with E-state index in [1.807, 2.05) is 12.1 Å². The summed E-state index contributed by atoms with van der Waals surface area (Å²) in [6, 6.07) is 8.27. The third-order valence-electron chi connectivity index (χ3n) is 4.98. The molecule has 0 aliphatic carbocycles. The molecule has 3 N–H and O–H groups in total. The quantitative estimate of drug-likeness (QED) is 0.877. The number of anilines is 1. The molecule has 0 saturated carbocycles. The van der Waals surface area contributed by atoms with Crippen LogP contribution in [0.4, 0.5) is 10.5 Å². The second-order valence-corrected chi connectivity index (χ2v) is 6.49. The lowest BCUT2D eigenvalue weighted by Crippen LogP contribution is -2.42. The van der Waals surface area contributed by atoms with Gasteiger partial charge in [-0.2, -0.15) is 0 Å². The van der Waals surface area contributed by atoms with E-state index < -0.39 is 0 Å². The summed E-state index contributed by atoms with van der Waals surface area (Å²) >= 11 is 0. The monoisotopic (exact) mass is 316 g/mol. The minimum Gasteiger partial charge on any atom is -0.374 e. The molecule has 0 spiro atoms. The van der Waals surface area contributed by atoms with Gasteiger partial charge in [0, 0.05) is 44.8 Å². The van der Waals surface area contributed by atoms with E-state index in [1.165, 1.54) is 11.3 Å². The number of para-hydroxylation sites is 1. The number of primary amides is 1. The Morgan fingerprint density at radius 2 is 2.04 bits per heavy atom. The fourth-order valence-corrected chi connectivity index (χ4v) is 3.52. The fourth-order valence-electron chi connectivity index (χ4n) is 3.52. The molecule has 1 aromatic carbocycles. The van der Waals surface area contributed by atoms with Gasteiger partial charge in [-0.15, -0.1) is 0 Å². The van der Waals surface area contributed by atoms with Crippen LogP contribution in [0.1, 0.15) is 24.3 Å². The zero-order valence-corrected chi connectivity index (χ0v) is 13.5. The van der Waals surface area contributed by atoms with Gasteiger partial charge in [0.05, 0.1) is 5.92 Å². The largest absolute Gasteiger partial charge is 0.374 e. The predicted octanol–water partition coefficient (Wildman–Crippen LogP) is 1.13. The second-order valence-electron chi connectivity index (χ2n) is 6.49. The SMILES string of the molecule is CN1CCC(CNC(=O)N2CCC(C(N)=O)C2)c2ccccc21. The van der Waals surface area contributed by atoms with Crippen LogP contribution in [0.15, 0.2) is 24.3 Å². The highest BCUT2D eigenvalue weighted by Crippen LogP contribution is 2.33. The number of amides is 3. The first-order valence-electron chi connectivity index (χ1n) is 8.18. The number of likely N-dealkylation sites (tertiary alicyclic amines) is 1. The Kier molecular flexibility index (Phi) is 4.41. The van der Waals surface area contributed by atoms with E-state index in [2.05, 4.69) is 29.4 Å². The fraction of sp³-hybridized carbons (Fsp3) is 0.529. The van der Waals surface area contributed by atoms with E-state index in [0.717, 1.165) is 13.0 Å². The molecule has 2 unspecified atom stereocenters. The van der Waals surface area contributed by atoms with Gasteiger partial charge < -0.3 is 20.9 Å². The number of hydrogen-bond donors (Lipinski definition) is 2. The van der Waals surface area contributed by atoms with Crippen LogP contribution in [0.3, 0.4) is 0 Å². The first kappa shape index (κ1) is 15.6. The molecule has 1 fully saturated rings. The average Bonchev–Trinajstić information content (AvgIpc) is 3.05. The number of carbonyl (C=O) groups is 2. The van der Waals surface area contributed by atoms with Crippen LogP contribution in [0.2, 0.25) is 0 Å². The van der Waals surface area contributed by atoms with Crippen molar-refractivity contribution in [1.29, 1.82) is 0 Å². The summed E-state index contributed by atoms with van der Waals surface area (Å²) in [5.74, 6) is -0.185. The van der Waals surface area contributed by atoms with Gasteiger partial charge in [-0.3, -0.25) is 4.79 Å². The Hall–Kier alpha value is -2.24. The number of urea groups is 1. The van der Waals surface area contributed by atoms with Crippen molar-refractivity contribution in [2.45, 2.75) is 18.8 Å². The third kappa shape index (κ3) is 3.25. The lowest BCUT2D eigenvalue weighted by Gasteiger charge is -2.33. The van der Waals surface area contributed by atoms with Crippen molar-refractivity contribution in [2.24, 2.45) is 11.7 Å². The number of nitrogens with zero attached hydrogens (tertiary/aromatic N) is 2. The summed E-state index contributed by atoms with van der Waals surface area (Å²) in [5, 5.41) is 3.03. The molecule has 3 rings (SSSR count). The summed E-state index contributed by atoms with van der Waals surface area (Å²) in [4.78, 5) is 27.4. The number of benzene rings is 1. The van der Waals surface area contributed by atoms with E-state index in [1.54, 1.807) is 4.90 Å². The number of rotatable bonds is 3. The molecule has 23 heavy (non-hydrogen) atoms. The van der Waals surface area contributed by atoms with Crippen LogP contribution >= 0.6 is 0 Å². The van der Waals surface area contributed by atoms with Gasteiger partial charge in [0.2, 0.25) is 5.91 Å². The molecule has 1 aromatic rings. The van der Waals surface area contributed by atoms with E-state index in [4.69, 9.17) is 5.73 Å². The number of hydrogen-bond acceptors (Lipinski definition) is 3. The van der Waals surface area contributed by atoms with Crippen molar-refractivity contribution < 1.29 is 9.59 Å². The summed E-state index contributed by atoms with van der Waals surface area (Å²) in [7, 11) is 2.10. The lowest BCUT2D eigenvalue weighted by molar-refractivity contribution is -0.121. The van der Waals surface area contributed by atoms with E-state index in [0.29, 0.717) is 32.0 Å². The molecule has 6 heteroatoms. The summed E-state index contributed by atoms with van der Waals surface area (Å²) in [6.45, 7) is 2.65. The van der Waals surface area contributed by atoms with Crippen molar-refractivity contribution in [2.75, 3.05) is 38.1 Å². The Morgan fingerprint density at radius 3 is 2.78 bits per heavy atom. The maximum absolute atomic E-state index is 12.3. The molecule has 2 aliphatic heterocycles. The number of nitrogens with one attached hydrogen (secondary N) is 1. The molecule has 1 saturated heterocycles. The van der Waals surface area contributed by atoms with Crippen LogP contribution in [-0.4, -0.2) is 50.1 Å². The third-order valence-corrected chi connectivity index (χ3v) is 4.98. The maximum atomic E-state index is 12.3. The number of carbonyl (C=O) groups excluding carboxylic acids is 2. The Labute approximate surface area is 136 Å². The summed E-state index contributed by atoms with van der Waals surface area (Å²) in [6.07, 6.45) is 1.69. The van der Waals surface area contributed by atoms with Gasteiger partial charge in [0.15, 0.2) is 0 Å². The Morgan fingerprint density at radius 1 is 1.26 bits per heavy atom. The first-order chi connectivity index (χ1) is 11.1. The average molecular weight is 316 g/mol. The zero-order valence-electron chi connectivity index (χ0n) is 13.5. The molecule has 2 aliphatic rings. The number of fused-ring (bicyclic) bond motifs is 1. The second kappa shape index (κ2) is 6.48. The van der Waals surface area contributed by atoms with Gasteiger partial charge in [-0.05, 0) is 24.5 Å². The number of nitrogens with two attached hydrogens (primary N) is 1. The van der Waals surface area contributed by atoms with Gasteiger partial charge >= 0.3 is 6.03 Å². The van der Waals surface area contributed by atoms with Gasteiger partial charge in [-0.1, -0.05) is 18.2 Å². The Bertz CT molecular complexity index is 604. The molecule has 2 heterocycles. The van der Waals surface area contributed by atoms with Crippen LogP contribution in [0.25, 0.3) is 0 Å². The normalized spacial score (nSPS) is 23.5. The molecule has 6 nitrogen and oxygen atoms in total. The smallest absolute Gasteiger partial charge is 0.317 e. The molecule has 0 bridgehead atoms. The lowest BCUT2D eigenvalue weighted by atomic mass is 9.90. The van der Waals surface area contributed by atoms with Crippen LogP contribution in [0, 0.1) is 5.92 Å².